The summed E-state index contributed by atoms with van der Waals surface area (Å²) in [7, 11) is 1.67. The molecular formula is C18H23NO2S. The molecule has 0 aliphatic carbocycles. The van der Waals surface area contributed by atoms with E-state index in [0.717, 1.165) is 12.8 Å². The first kappa shape index (κ1) is 16.7. The van der Waals surface area contributed by atoms with E-state index >= 15 is 0 Å². The Kier molecular flexibility index (Phi) is 7.13. The predicted molar refractivity (Wildman–Crippen MR) is 91.0 cm³/mol. The van der Waals surface area contributed by atoms with Gasteiger partial charge in [0.2, 0.25) is 5.91 Å². The molecule has 118 valence electrons. The van der Waals surface area contributed by atoms with Crippen molar-refractivity contribution in [1.82, 2.24) is 4.90 Å². The number of nitrogens with zero attached hydrogens (tertiary/aromatic N) is 1. The van der Waals surface area contributed by atoms with Crippen LogP contribution in [0.5, 0.6) is 0 Å². The van der Waals surface area contributed by atoms with E-state index in [0.29, 0.717) is 26.1 Å². The second kappa shape index (κ2) is 9.38. The van der Waals surface area contributed by atoms with Gasteiger partial charge in [-0.2, -0.15) is 11.3 Å². The van der Waals surface area contributed by atoms with Crippen LogP contribution in [0.4, 0.5) is 0 Å². The zero-order valence-corrected chi connectivity index (χ0v) is 13.8. The third-order valence-corrected chi connectivity index (χ3v) is 4.30. The third-order valence-electron chi connectivity index (χ3n) is 3.57. The molecule has 0 aliphatic rings. The Labute approximate surface area is 136 Å². The summed E-state index contributed by atoms with van der Waals surface area (Å²) in [5, 5.41) is 4.14. The largest absolute Gasteiger partial charge is 0.383 e. The molecule has 0 unspecified atom stereocenters. The van der Waals surface area contributed by atoms with Crippen LogP contribution in [0, 0.1) is 0 Å². The lowest BCUT2D eigenvalue weighted by Gasteiger charge is -2.22. The third kappa shape index (κ3) is 5.62. The molecule has 3 nitrogen and oxygen atoms in total. The van der Waals surface area contributed by atoms with Crippen LogP contribution in [0.25, 0.3) is 0 Å². The minimum Gasteiger partial charge on any atom is -0.383 e. The van der Waals surface area contributed by atoms with E-state index in [1.807, 2.05) is 28.5 Å². The van der Waals surface area contributed by atoms with Gasteiger partial charge in [0.05, 0.1) is 6.61 Å². The molecule has 22 heavy (non-hydrogen) atoms. The first-order chi connectivity index (χ1) is 10.8. The fourth-order valence-electron chi connectivity index (χ4n) is 2.34. The van der Waals surface area contributed by atoms with Crippen molar-refractivity contribution in [2.45, 2.75) is 25.8 Å². The maximum atomic E-state index is 12.4. The van der Waals surface area contributed by atoms with Gasteiger partial charge in [-0.25, -0.2) is 0 Å². The Morgan fingerprint density at radius 1 is 1.18 bits per heavy atom. The summed E-state index contributed by atoms with van der Waals surface area (Å²) in [6, 6.07) is 12.4. The zero-order chi connectivity index (χ0) is 15.6. The fraction of sp³-hybridized carbons (Fsp3) is 0.389. The van der Waals surface area contributed by atoms with Gasteiger partial charge in [0.25, 0.3) is 0 Å². The summed E-state index contributed by atoms with van der Waals surface area (Å²) in [5.41, 5.74) is 2.48. The first-order valence-electron chi connectivity index (χ1n) is 7.61. The summed E-state index contributed by atoms with van der Waals surface area (Å²) in [6.45, 7) is 1.90. The molecule has 1 heterocycles. The molecule has 1 amide bonds. The lowest BCUT2D eigenvalue weighted by atomic mass is 10.1. The maximum absolute atomic E-state index is 12.4. The van der Waals surface area contributed by atoms with E-state index in [2.05, 4.69) is 23.6 Å². The van der Waals surface area contributed by atoms with Gasteiger partial charge < -0.3 is 9.64 Å². The second-order valence-corrected chi connectivity index (χ2v) is 6.06. The summed E-state index contributed by atoms with van der Waals surface area (Å²) < 4.78 is 5.12. The van der Waals surface area contributed by atoms with Crippen LogP contribution in [0.1, 0.15) is 24.0 Å². The molecule has 0 fully saturated rings. The van der Waals surface area contributed by atoms with Gasteiger partial charge in [-0.3, -0.25) is 4.79 Å². The van der Waals surface area contributed by atoms with Crippen molar-refractivity contribution in [3.8, 4) is 0 Å². The van der Waals surface area contributed by atoms with Crippen LogP contribution in [-0.4, -0.2) is 31.1 Å². The van der Waals surface area contributed by atoms with E-state index in [-0.39, 0.29) is 5.91 Å². The van der Waals surface area contributed by atoms with Crippen molar-refractivity contribution < 1.29 is 9.53 Å². The van der Waals surface area contributed by atoms with Gasteiger partial charge in [-0.05, 0) is 40.8 Å². The van der Waals surface area contributed by atoms with Crippen molar-refractivity contribution in [2.24, 2.45) is 0 Å². The number of thiophene rings is 1. The monoisotopic (exact) mass is 317 g/mol. The Balaban J connectivity index is 1.82. The molecule has 2 aromatic rings. The average Bonchev–Trinajstić information content (AvgIpc) is 3.05. The summed E-state index contributed by atoms with van der Waals surface area (Å²) >= 11 is 1.66. The Morgan fingerprint density at radius 2 is 2.00 bits per heavy atom. The standard InChI is InChI=1S/C18H23NO2S/c1-21-12-11-19(14-17-10-13-22-15-17)18(20)9-5-8-16-6-3-2-4-7-16/h2-4,6-7,10,13,15H,5,8-9,11-12,14H2,1H3. The van der Waals surface area contributed by atoms with Gasteiger partial charge in [0, 0.05) is 26.6 Å². The van der Waals surface area contributed by atoms with E-state index in [1.54, 1.807) is 18.4 Å². The predicted octanol–water partition coefficient (Wildman–Crippen LogP) is 3.75. The highest BCUT2D eigenvalue weighted by atomic mass is 32.1. The van der Waals surface area contributed by atoms with Crippen molar-refractivity contribution >= 4 is 17.2 Å². The molecule has 2 rings (SSSR count). The molecule has 4 heteroatoms. The Bertz CT molecular complexity index is 539. The number of methoxy groups -OCH3 is 1. The van der Waals surface area contributed by atoms with Crippen LogP contribution in [-0.2, 0) is 22.5 Å². The highest BCUT2D eigenvalue weighted by molar-refractivity contribution is 7.07. The number of benzene rings is 1. The lowest BCUT2D eigenvalue weighted by molar-refractivity contribution is -0.132. The van der Waals surface area contributed by atoms with E-state index in [9.17, 15) is 4.79 Å². The number of rotatable bonds is 9. The second-order valence-electron chi connectivity index (χ2n) is 5.28. The van der Waals surface area contributed by atoms with Crippen molar-refractivity contribution in [3.63, 3.8) is 0 Å². The normalized spacial score (nSPS) is 10.6. The first-order valence-corrected chi connectivity index (χ1v) is 8.55. The molecule has 1 aromatic carbocycles. The molecule has 0 spiro atoms. The van der Waals surface area contributed by atoms with Gasteiger partial charge in [-0.1, -0.05) is 30.3 Å². The molecule has 0 bridgehead atoms. The Hall–Kier alpha value is -1.65. The fourth-order valence-corrected chi connectivity index (χ4v) is 3.00. The smallest absolute Gasteiger partial charge is 0.222 e. The van der Waals surface area contributed by atoms with E-state index < -0.39 is 0 Å². The number of hydrogen-bond acceptors (Lipinski definition) is 3. The lowest BCUT2D eigenvalue weighted by Crippen LogP contribution is -2.33. The minimum atomic E-state index is 0.208. The maximum Gasteiger partial charge on any atom is 0.222 e. The SMILES string of the molecule is COCCN(Cc1ccsc1)C(=O)CCCc1ccccc1. The molecule has 0 saturated carbocycles. The van der Waals surface area contributed by atoms with Crippen molar-refractivity contribution in [1.29, 1.82) is 0 Å². The van der Waals surface area contributed by atoms with Crippen LogP contribution in [0.15, 0.2) is 47.2 Å². The average molecular weight is 317 g/mol. The van der Waals surface area contributed by atoms with Crippen molar-refractivity contribution in [3.05, 3.63) is 58.3 Å². The summed E-state index contributed by atoms with van der Waals surface area (Å²) in [4.78, 5) is 14.3. The van der Waals surface area contributed by atoms with Crippen LogP contribution < -0.4 is 0 Å². The molecule has 0 radical (unpaired) electrons. The van der Waals surface area contributed by atoms with E-state index in [1.165, 1.54) is 11.1 Å². The topological polar surface area (TPSA) is 29.5 Å². The molecule has 0 N–H and O–H groups in total. The number of ether oxygens (including phenoxy) is 1. The van der Waals surface area contributed by atoms with Gasteiger partial charge in [-0.15, -0.1) is 0 Å². The van der Waals surface area contributed by atoms with Crippen LogP contribution in [0.2, 0.25) is 0 Å². The zero-order valence-electron chi connectivity index (χ0n) is 13.0. The number of carbonyl (C=O) groups is 1. The number of amides is 1. The van der Waals surface area contributed by atoms with E-state index in [4.69, 9.17) is 4.74 Å². The molecule has 1 aromatic heterocycles. The Morgan fingerprint density at radius 3 is 2.68 bits per heavy atom. The number of aryl methyl sites for hydroxylation is 1. The van der Waals surface area contributed by atoms with Crippen LogP contribution >= 0.6 is 11.3 Å². The summed E-state index contributed by atoms with van der Waals surface area (Å²) in [6.07, 6.45) is 2.42. The molecular weight excluding hydrogens is 294 g/mol. The molecule has 0 aliphatic heterocycles. The molecule has 0 saturated heterocycles. The summed E-state index contributed by atoms with van der Waals surface area (Å²) in [5.74, 6) is 0.208. The highest BCUT2D eigenvalue weighted by Gasteiger charge is 2.13. The van der Waals surface area contributed by atoms with Crippen molar-refractivity contribution in [2.75, 3.05) is 20.3 Å². The van der Waals surface area contributed by atoms with Gasteiger partial charge >= 0.3 is 0 Å². The number of hydrogen-bond donors (Lipinski definition) is 0. The van der Waals surface area contributed by atoms with Gasteiger partial charge in [0.15, 0.2) is 0 Å². The number of carbonyl (C=O) groups excluding carboxylic acids is 1. The quantitative estimate of drug-likeness (QED) is 0.705. The minimum absolute atomic E-state index is 0.208. The van der Waals surface area contributed by atoms with Gasteiger partial charge in [0.1, 0.15) is 0 Å². The highest BCUT2D eigenvalue weighted by Crippen LogP contribution is 2.12. The molecule has 0 atom stereocenters. The van der Waals surface area contributed by atoms with Crippen LogP contribution in [0.3, 0.4) is 0 Å².